The minimum absolute atomic E-state index is 0.000643. The number of oxazole rings is 1. The summed E-state index contributed by atoms with van der Waals surface area (Å²) in [6.07, 6.45) is 2.61. The molecule has 0 aliphatic rings. The van der Waals surface area contributed by atoms with Crippen LogP contribution < -0.4 is 0 Å². The minimum Gasteiger partial charge on any atom is -0.465 e. The fourth-order valence-corrected chi connectivity index (χ4v) is 1.45. The van der Waals surface area contributed by atoms with E-state index in [4.69, 9.17) is 9.15 Å². The number of hydrogen-bond acceptors (Lipinski definition) is 7. The topological polar surface area (TPSA) is 91.5 Å². The number of carbonyl (C=O) groups excluding carboxylic acids is 2. The average Bonchev–Trinajstić information content (AvgIpc) is 2.97. The Balaban J connectivity index is 2.20. The zero-order chi connectivity index (χ0) is 14.5. The van der Waals surface area contributed by atoms with Gasteiger partial charge in [-0.15, -0.1) is 0 Å². The summed E-state index contributed by atoms with van der Waals surface area (Å²) in [5.41, 5.74) is 0.710. The van der Waals surface area contributed by atoms with E-state index in [1.807, 2.05) is 0 Å². The molecule has 104 valence electrons. The first-order valence-corrected chi connectivity index (χ1v) is 5.83. The molecule has 20 heavy (non-hydrogen) atoms. The van der Waals surface area contributed by atoms with Gasteiger partial charge >= 0.3 is 11.9 Å². The summed E-state index contributed by atoms with van der Waals surface area (Å²) >= 11 is 0. The second-order valence-corrected chi connectivity index (χ2v) is 3.67. The van der Waals surface area contributed by atoms with Crippen molar-refractivity contribution >= 4 is 11.9 Å². The largest absolute Gasteiger partial charge is 0.465 e. The molecule has 2 aromatic rings. The van der Waals surface area contributed by atoms with Gasteiger partial charge in [0.2, 0.25) is 11.7 Å². The predicted molar refractivity (Wildman–Crippen MR) is 67.0 cm³/mol. The monoisotopic (exact) mass is 276 g/mol. The van der Waals surface area contributed by atoms with Crippen LogP contribution in [0.15, 0.2) is 28.9 Å². The lowest BCUT2D eigenvalue weighted by atomic mass is 10.2. The molecular formula is C13H12N2O5. The lowest BCUT2D eigenvalue weighted by Crippen LogP contribution is -2.02. The Labute approximate surface area is 114 Å². The van der Waals surface area contributed by atoms with Gasteiger partial charge in [-0.25, -0.2) is 14.6 Å². The summed E-state index contributed by atoms with van der Waals surface area (Å²) in [7, 11) is 1.29. The number of methoxy groups -OCH3 is 1. The van der Waals surface area contributed by atoms with E-state index in [0.29, 0.717) is 11.3 Å². The standard InChI is InChI=1S/C13H12N2O5/c1-3-19-13(17)10-7-15-11(20-10)9-5-4-8(6-14-9)12(16)18-2/h4-7H,3H2,1-2H3. The van der Waals surface area contributed by atoms with Gasteiger partial charge in [0.1, 0.15) is 5.69 Å². The molecule has 7 heteroatoms. The van der Waals surface area contributed by atoms with Gasteiger partial charge in [-0.3, -0.25) is 4.98 Å². The van der Waals surface area contributed by atoms with Crippen LogP contribution in [0.3, 0.4) is 0 Å². The first-order valence-electron chi connectivity index (χ1n) is 5.83. The first kappa shape index (κ1) is 13.7. The summed E-state index contributed by atoms with van der Waals surface area (Å²) in [5, 5.41) is 0. The molecule has 0 atom stereocenters. The Hall–Kier alpha value is -2.70. The van der Waals surface area contributed by atoms with Crippen molar-refractivity contribution in [1.29, 1.82) is 0 Å². The van der Waals surface area contributed by atoms with Crippen molar-refractivity contribution in [2.75, 3.05) is 13.7 Å². The number of hydrogen-bond donors (Lipinski definition) is 0. The molecule has 0 aliphatic carbocycles. The van der Waals surface area contributed by atoms with E-state index >= 15 is 0 Å². The Kier molecular flexibility index (Phi) is 4.09. The van der Waals surface area contributed by atoms with Crippen LogP contribution in [-0.4, -0.2) is 35.6 Å². The molecule has 0 bridgehead atoms. The Morgan fingerprint density at radius 2 is 2.00 bits per heavy atom. The van der Waals surface area contributed by atoms with Gasteiger partial charge < -0.3 is 13.9 Å². The number of nitrogens with zero attached hydrogens (tertiary/aromatic N) is 2. The summed E-state index contributed by atoms with van der Waals surface area (Å²) < 4.78 is 14.6. The maximum atomic E-state index is 11.4. The highest BCUT2D eigenvalue weighted by molar-refractivity contribution is 5.89. The van der Waals surface area contributed by atoms with E-state index in [1.165, 1.54) is 25.6 Å². The molecule has 0 unspecified atom stereocenters. The predicted octanol–water partition coefficient (Wildman–Crippen LogP) is 1.70. The third-order valence-electron chi connectivity index (χ3n) is 2.39. The Bertz CT molecular complexity index is 618. The quantitative estimate of drug-likeness (QED) is 0.785. The Morgan fingerprint density at radius 3 is 2.60 bits per heavy atom. The maximum absolute atomic E-state index is 11.4. The molecule has 0 aliphatic heterocycles. The van der Waals surface area contributed by atoms with Gasteiger partial charge in [0.05, 0.1) is 25.5 Å². The van der Waals surface area contributed by atoms with E-state index < -0.39 is 11.9 Å². The van der Waals surface area contributed by atoms with Crippen molar-refractivity contribution in [2.45, 2.75) is 6.92 Å². The van der Waals surface area contributed by atoms with Crippen LogP contribution in [0.25, 0.3) is 11.6 Å². The molecule has 0 radical (unpaired) electrons. The molecule has 0 aromatic carbocycles. The third kappa shape index (κ3) is 2.82. The van der Waals surface area contributed by atoms with E-state index in [1.54, 1.807) is 13.0 Å². The van der Waals surface area contributed by atoms with E-state index in [0.717, 1.165) is 0 Å². The van der Waals surface area contributed by atoms with E-state index in [-0.39, 0.29) is 18.3 Å². The van der Waals surface area contributed by atoms with Crippen LogP contribution in [-0.2, 0) is 9.47 Å². The summed E-state index contributed by atoms with van der Waals surface area (Å²) in [5.74, 6) is -0.897. The molecule has 0 saturated carbocycles. The third-order valence-corrected chi connectivity index (χ3v) is 2.39. The number of esters is 2. The molecular weight excluding hydrogens is 264 g/mol. The van der Waals surface area contributed by atoms with Crippen molar-refractivity contribution < 1.29 is 23.5 Å². The molecule has 2 heterocycles. The summed E-state index contributed by atoms with van der Waals surface area (Å²) in [6, 6.07) is 3.08. The first-order chi connectivity index (χ1) is 9.65. The van der Waals surface area contributed by atoms with Crippen molar-refractivity contribution in [3.8, 4) is 11.6 Å². The smallest absolute Gasteiger partial charge is 0.375 e. The van der Waals surface area contributed by atoms with Crippen molar-refractivity contribution in [2.24, 2.45) is 0 Å². The van der Waals surface area contributed by atoms with Crippen molar-refractivity contribution in [1.82, 2.24) is 9.97 Å². The highest BCUT2D eigenvalue weighted by Gasteiger charge is 2.15. The average molecular weight is 276 g/mol. The number of ether oxygens (including phenoxy) is 2. The fraction of sp³-hybridized carbons (Fsp3) is 0.231. The highest BCUT2D eigenvalue weighted by Crippen LogP contribution is 2.17. The summed E-state index contributed by atoms with van der Waals surface area (Å²) in [4.78, 5) is 30.7. The maximum Gasteiger partial charge on any atom is 0.375 e. The van der Waals surface area contributed by atoms with Gasteiger partial charge in [-0.1, -0.05) is 0 Å². The molecule has 0 amide bonds. The second kappa shape index (κ2) is 5.96. The highest BCUT2D eigenvalue weighted by atomic mass is 16.5. The lowest BCUT2D eigenvalue weighted by Gasteiger charge is -1.99. The van der Waals surface area contributed by atoms with Crippen LogP contribution in [0, 0.1) is 0 Å². The van der Waals surface area contributed by atoms with Crippen LogP contribution >= 0.6 is 0 Å². The summed E-state index contributed by atoms with van der Waals surface area (Å²) in [6.45, 7) is 1.95. The zero-order valence-corrected chi connectivity index (χ0v) is 11.0. The van der Waals surface area contributed by atoms with E-state index in [2.05, 4.69) is 14.7 Å². The normalized spacial score (nSPS) is 10.1. The fourth-order valence-electron chi connectivity index (χ4n) is 1.45. The molecule has 7 nitrogen and oxygen atoms in total. The van der Waals surface area contributed by atoms with E-state index in [9.17, 15) is 9.59 Å². The van der Waals surface area contributed by atoms with Gasteiger partial charge in [-0.2, -0.15) is 0 Å². The van der Waals surface area contributed by atoms with Gasteiger partial charge in [0.15, 0.2) is 0 Å². The van der Waals surface area contributed by atoms with Gasteiger partial charge in [-0.05, 0) is 19.1 Å². The van der Waals surface area contributed by atoms with Crippen molar-refractivity contribution in [3.63, 3.8) is 0 Å². The number of aromatic nitrogens is 2. The molecule has 0 N–H and O–H groups in total. The minimum atomic E-state index is -0.586. The second-order valence-electron chi connectivity index (χ2n) is 3.67. The van der Waals surface area contributed by atoms with Crippen LogP contribution in [0.4, 0.5) is 0 Å². The van der Waals surface area contributed by atoms with Gasteiger partial charge in [0, 0.05) is 6.20 Å². The number of pyridine rings is 1. The molecule has 0 saturated heterocycles. The SMILES string of the molecule is CCOC(=O)c1cnc(-c2ccc(C(=O)OC)cn2)o1. The molecule has 2 aromatic heterocycles. The molecule has 0 spiro atoms. The van der Waals surface area contributed by atoms with Crippen molar-refractivity contribution in [3.05, 3.63) is 35.9 Å². The molecule has 0 fully saturated rings. The van der Waals surface area contributed by atoms with Crippen LogP contribution in [0.2, 0.25) is 0 Å². The molecule has 2 rings (SSSR count). The number of rotatable bonds is 4. The Morgan fingerprint density at radius 1 is 1.20 bits per heavy atom. The lowest BCUT2D eigenvalue weighted by molar-refractivity contribution is 0.0490. The van der Waals surface area contributed by atoms with Gasteiger partial charge in [0.25, 0.3) is 0 Å². The van der Waals surface area contributed by atoms with Crippen LogP contribution in [0.1, 0.15) is 27.8 Å². The number of carbonyl (C=O) groups is 2. The van der Waals surface area contributed by atoms with Crippen LogP contribution in [0.5, 0.6) is 0 Å². The zero-order valence-electron chi connectivity index (χ0n) is 11.0.